The van der Waals surface area contributed by atoms with Crippen LogP contribution in [0.3, 0.4) is 0 Å². The Labute approximate surface area is 205 Å². The SMILES string of the molecule is COCCn1ccc2c(Nc3nc(N[C@@H]4CCCCC4N)c(F)cc3C(N)=O)cc(C(F)(F)F)cc21. The number of anilines is 3. The van der Waals surface area contributed by atoms with Crippen LogP contribution in [-0.4, -0.2) is 41.3 Å². The summed E-state index contributed by atoms with van der Waals surface area (Å²) in [6.07, 6.45) is 0.378. The minimum Gasteiger partial charge on any atom is -0.383 e. The lowest BCUT2D eigenvalue weighted by Crippen LogP contribution is -2.43. The van der Waals surface area contributed by atoms with Crippen molar-refractivity contribution in [3.63, 3.8) is 0 Å². The maximum Gasteiger partial charge on any atom is 0.416 e. The number of carbonyl (C=O) groups is 1. The van der Waals surface area contributed by atoms with E-state index in [2.05, 4.69) is 15.6 Å². The first-order valence-corrected chi connectivity index (χ1v) is 11.6. The van der Waals surface area contributed by atoms with E-state index in [9.17, 15) is 22.4 Å². The third-order valence-electron chi connectivity index (χ3n) is 6.39. The van der Waals surface area contributed by atoms with E-state index in [0.717, 1.165) is 37.5 Å². The average molecular weight is 509 g/mol. The number of nitrogens with zero attached hydrogens (tertiary/aromatic N) is 2. The predicted molar refractivity (Wildman–Crippen MR) is 129 cm³/mol. The third-order valence-corrected chi connectivity index (χ3v) is 6.39. The van der Waals surface area contributed by atoms with Crippen molar-refractivity contribution in [2.45, 2.75) is 50.5 Å². The van der Waals surface area contributed by atoms with Crippen LogP contribution in [0.15, 0.2) is 30.5 Å². The molecule has 3 aromatic rings. The number of amides is 1. The molecule has 1 fully saturated rings. The molecule has 1 saturated carbocycles. The van der Waals surface area contributed by atoms with Gasteiger partial charge in [0.2, 0.25) is 0 Å². The average Bonchev–Trinajstić information content (AvgIpc) is 3.23. The number of rotatable bonds is 8. The molecule has 2 atom stereocenters. The van der Waals surface area contributed by atoms with Crippen molar-refractivity contribution in [2.24, 2.45) is 11.5 Å². The smallest absolute Gasteiger partial charge is 0.383 e. The number of ether oxygens (including phenoxy) is 1. The molecule has 1 unspecified atom stereocenters. The van der Waals surface area contributed by atoms with Crippen molar-refractivity contribution in [3.8, 4) is 0 Å². The molecule has 0 spiro atoms. The molecule has 0 bridgehead atoms. The summed E-state index contributed by atoms with van der Waals surface area (Å²) >= 11 is 0. The van der Waals surface area contributed by atoms with Gasteiger partial charge in [0, 0.05) is 43.0 Å². The Kier molecular flexibility index (Phi) is 7.36. The van der Waals surface area contributed by atoms with Crippen molar-refractivity contribution in [3.05, 3.63) is 47.4 Å². The van der Waals surface area contributed by atoms with Gasteiger partial charge in [-0.3, -0.25) is 4.79 Å². The van der Waals surface area contributed by atoms with Gasteiger partial charge in [-0.2, -0.15) is 13.2 Å². The molecule has 12 heteroatoms. The largest absolute Gasteiger partial charge is 0.416 e. The zero-order valence-corrected chi connectivity index (χ0v) is 19.7. The molecule has 1 aromatic carbocycles. The maximum absolute atomic E-state index is 14.8. The van der Waals surface area contributed by atoms with Crippen molar-refractivity contribution >= 4 is 34.1 Å². The highest BCUT2D eigenvalue weighted by Gasteiger charge is 2.32. The first kappa shape index (κ1) is 25.7. The summed E-state index contributed by atoms with van der Waals surface area (Å²) in [5, 5.41) is 6.24. The summed E-state index contributed by atoms with van der Waals surface area (Å²) in [7, 11) is 1.50. The predicted octanol–water partition coefficient (Wildman–Crippen LogP) is 4.36. The number of fused-ring (bicyclic) bond motifs is 1. The van der Waals surface area contributed by atoms with E-state index in [1.54, 1.807) is 16.8 Å². The third kappa shape index (κ3) is 5.39. The minimum atomic E-state index is -4.63. The highest BCUT2D eigenvalue weighted by Crippen LogP contribution is 2.37. The number of primary amides is 1. The van der Waals surface area contributed by atoms with Crippen LogP contribution in [0.2, 0.25) is 0 Å². The molecule has 0 radical (unpaired) electrons. The topological polar surface area (TPSA) is 120 Å². The van der Waals surface area contributed by atoms with Gasteiger partial charge in [0.05, 0.1) is 23.3 Å². The molecule has 2 aromatic heterocycles. The highest BCUT2D eigenvalue weighted by molar-refractivity contribution is 6.01. The Morgan fingerprint density at radius 2 is 1.97 bits per heavy atom. The Hall–Kier alpha value is -3.38. The summed E-state index contributed by atoms with van der Waals surface area (Å²) < 4.78 is 62.7. The summed E-state index contributed by atoms with van der Waals surface area (Å²) in [6, 6.07) is 4.08. The molecule has 36 heavy (non-hydrogen) atoms. The molecular formula is C24H28F4N6O2. The number of hydrogen-bond acceptors (Lipinski definition) is 6. The summed E-state index contributed by atoms with van der Waals surface area (Å²) in [5.74, 6) is -2.12. The number of alkyl halides is 3. The molecule has 1 aliphatic rings. The van der Waals surface area contributed by atoms with Crippen LogP contribution in [0.4, 0.5) is 34.9 Å². The number of pyridine rings is 1. The van der Waals surface area contributed by atoms with Crippen molar-refractivity contribution in [1.82, 2.24) is 9.55 Å². The Bertz CT molecular complexity index is 1260. The number of carbonyl (C=O) groups excluding carboxylic acids is 1. The summed E-state index contributed by atoms with van der Waals surface area (Å²) in [6.45, 7) is 0.629. The summed E-state index contributed by atoms with van der Waals surface area (Å²) in [4.78, 5) is 16.3. The van der Waals surface area contributed by atoms with Gasteiger partial charge in [-0.15, -0.1) is 0 Å². The Morgan fingerprint density at radius 1 is 1.22 bits per heavy atom. The molecule has 4 rings (SSSR count). The number of nitrogens with one attached hydrogen (secondary N) is 2. The van der Waals surface area contributed by atoms with Crippen LogP contribution in [-0.2, 0) is 17.5 Å². The van der Waals surface area contributed by atoms with Crippen LogP contribution in [0, 0.1) is 5.82 Å². The van der Waals surface area contributed by atoms with Gasteiger partial charge >= 0.3 is 6.18 Å². The zero-order valence-electron chi connectivity index (χ0n) is 19.7. The first-order valence-electron chi connectivity index (χ1n) is 11.6. The van der Waals surface area contributed by atoms with Crippen LogP contribution in [0.1, 0.15) is 41.6 Å². The lowest BCUT2D eigenvalue weighted by molar-refractivity contribution is -0.137. The molecule has 1 aliphatic carbocycles. The van der Waals surface area contributed by atoms with E-state index >= 15 is 0 Å². The molecule has 2 heterocycles. The Balaban J connectivity index is 1.78. The number of nitrogens with two attached hydrogens (primary N) is 2. The highest BCUT2D eigenvalue weighted by atomic mass is 19.4. The number of hydrogen-bond donors (Lipinski definition) is 4. The molecular weight excluding hydrogens is 480 g/mol. The van der Waals surface area contributed by atoms with Gasteiger partial charge in [-0.05, 0) is 37.1 Å². The molecule has 194 valence electrons. The van der Waals surface area contributed by atoms with E-state index in [0.29, 0.717) is 30.5 Å². The fourth-order valence-electron chi connectivity index (χ4n) is 4.46. The number of methoxy groups -OCH3 is 1. The van der Waals surface area contributed by atoms with Gasteiger partial charge < -0.3 is 31.4 Å². The van der Waals surface area contributed by atoms with Crippen LogP contribution < -0.4 is 22.1 Å². The van der Waals surface area contributed by atoms with E-state index in [1.165, 1.54) is 7.11 Å². The molecule has 6 N–H and O–H groups in total. The standard InChI is InChI=1S/C24H28F4N6O2/c1-36-9-8-34-7-6-14-19(10-13(11-20(14)34)24(26,27)28)32-22-15(21(30)35)12-16(25)23(33-22)31-18-5-3-2-4-17(18)29/h6-7,10-12,17-18H,2-5,8-9,29H2,1H3,(H2,30,35)(H2,31,32,33)/t17?,18-/m1/s1. The second-order valence-electron chi connectivity index (χ2n) is 8.86. The molecule has 8 nitrogen and oxygen atoms in total. The van der Waals surface area contributed by atoms with Crippen molar-refractivity contribution < 1.29 is 27.1 Å². The van der Waals surface area contributed by atoms with Crippen molar-refractivity contribution in [1.29, 1.82) is 0 Å². The van der Waals surface area contributed by atoms with Gasteiger partial charge in [-0.25, -0.2) is 9.37 Å². The van der Waals surface area contributed by atoms with E-state index < -0.39 is 23.5 Å². The zero-order chi connectivity index (χ0) is 26.0. The van der Waals surface area contributed by atoms with Crippen molar-refractivity contribution in [2.75, 3.05) is 24.4 Å². The maximum atomic E-state index is 14.8. The van der Waals surface area contributed by atoms with E-state index in [1.807, 2.05) is 0 Å². The lowest BCUT2D eigenvalue weighted by atomic mass is 9.91. The first-order chi connectivity index (χ1) is 17.1. The normalized spacial score (nSPS) is 18.4. The second kappa shape index (κ2) is 10.3. The van der Waals surface area contributed by atoms with E-state index in [-0.39, 0.29) is 35.0 Å². The van der Waals surface area contributed by atoms with Gasteiger partial charge in [-0.1, -0.05) is 12.8 Å². The molecule has 0 aliphatic heterocycles. The second-order valence-corrected chi connectivity index (χ2v) is 8.86. The lowest BCUT2D eigenvalue weighted by Gasteiger charge is -2.30. The van der Waals surface area contributed by atoms with Crippen LogP contribution in [0.5, 0.6) is 0 Å². The monoisotopic (exact) mass is 508 g/mol. The minimum absolute atomic E-state index is 0.0397. The van der Waals surface area contributed by atoms with E-state index in [4.69, 9.17) is 16.2 Å². The Morgan fingerprint density at radius 3 is 2.64 bits per heavy atom. The quantitative estimate of drug-likeness (QED) is 0.336. The number of aromatic nitrogens is 2. The summed E-state index contributed by atoms with van der Waals surface area (Å²) in [5.41, 5.74) is 10.7. The van der Waals surface area contributed by atoms with Gasteiger partial charge in [0.1, 0.15) is 5.82 Å². The molecule has 0 saturated heterocycles. The fourth-order valence-corrected chi connectivity index (χ4v) is 4.46. The fraction of sp³-hybridized carbons (Fsp3) is 0.417. The van der Waals surface area contributed by atoms with Crippen LogP contribution >= 0.6 is 0 Å². The molecule has 1 amide bonds. The van der Waals surface area contributed by atoms with Gasteiger partial charge in [0.25, 0.3) is 5.91 Å². The number of halogens is 4. The van der Waals surface area contributed by atoms with Crippen LogP contribution in [0.25, 0.3) is 10.9 Å². The number of benzene rings is 1. The van der Waals surface area contributed by atoms with Gasteiger partial charge in [0.15, 0.2) is 11.6 Å².